The summed E-state index contributed by atoms with van der Waals surface area (Å²) in [7, 11) is 1.50. The fourth-order valence-corrected chi connectivity index (χ4v) is 3.67. The van der Waals surface area contributed by atoms with E-state index >= 15 is 0 Å². The Hall–Kier alpha value is -3.54. The third-order valence-corrected chi connectivity index (χ3v) is 5.37. The lowest BCUT2D eigenvalue weighted by Gasteiger charge is -2.11. The van der Waals surface area contributed by atoms with Crippen molar-refractivity contribution in [2.45, 2.75) is 33.7 Å². The van der Waals surface area contributed by atoms with Gasteiger partial charge in [0.2, 0.25) is 5.78 Å². The highest BCUT2D eigenvalue weighted by molar-refractivity contribution is 6.00. The van der Waals surface area contributed by atoms with E-state index in [2.05, 4.69) is 16.7 Å². The van der Waals surface area contributed by atoms with Gasteiger partial charge in [0.1, 0.15) is 0 Å². The number of benzene rings is 2. The molecular formula is C26H29NO5. The number of aryl methyl sites for hydroxylation is 2. The van der Waals surface area contributed by atoms with Gasteiger partial charge in [-0.3, -0.25) is 4.79 Å². The number of carbonyl (C=O) groups is 2. The summed E-state index contributed by atoms with van der Waals surface area (Å²) in [4.78, 5) is 25.2. The third-order valence-electron chi connectivity index (χ3n) is 5.37. The molecule has 0 aliphatic rings. The normalized spacial score (nSPS) is 10.6. The smallest absolute Gasteiger partial charge is 0.338 e. The van der Waals surface area contributed by atoms with E-state index < -0.39 is 5.97 Å². The number of aromatic nitrogens is 1. The molecule has 1 aromatic heterocycles. The van der Waals surface area contributed by atoms with Crippen molar-refractivity contribution in [1.82, 2.24) is 4.57 Å². The van der Waals surface area contributed by atoms with Crippen LogP contribution in [0.4, 0.5) is 0 Å². The standard InChI is InChI=1S/C26H29NO5/c1-5-31-24-12-11-21(16-25(24)30-4)26(29)32-17-23(28)22-15-18(2)27(19(22)3)14-13-20-9-7-6-8-10-20/h6-12,15-16H,5,13-14,17H2,1-4H3. The zero-order valence-corrected chi connectivity index (χ0v) is 19.0. The molecule has 0 bridgehead atoms. The molecule has 0 N–H and O–H groups in total. The molecule has 0 saturated carbocycles. The van der Waals surface area contributed by atoms with Gasteiger partial charge in [0, 0.05) is 23.5 Å². The van der Waals surface area contributed by atoms with E-state index in [4.69, 9.17) is 14.2 Å². The summed E-state index contributed by atoms with van der Waals surface area (Å²) >= 11 is 0. The molecule has 1 heterocycles. The van der Waals surface area contributed by atoms with Crippen molar-refractivity contribution >= 4 is 11.8 Å². The summed E-state index contributed by atoms with van der Waals surface area (Å²) < 4.78 is 18.1. The maximum atomic E-state index is 12.8. The van der Waals surface area contributed by atoms with Crippen LogP contribution in [0, 0.1) is 13.8 Å². The monoisotopic (exact) mass is 435 g/mol. The Morgan fingerprint density at radius 3 is 2.41 bits per heavy atom. The van der Waals surface area contributed by atoms with Gasteiger partial charge in [0.15, 0.2) is 18.1 Å². The first-order chi connectivity index (χ1) is 15.4. The van der Waals surface area contributed by atoms with Crippen LogP contribution >= 0.6 is 0 Å². The van der Waals surface area contributed by atoms with Crippen LogP contribution in [0.5, 0.6) is 11.5 Å². The van der Waals surface area contributed by atoms with E-state index in [1.165, 1.54) is 12.7 Å². The molecule has 0 saturated heterocycles. The van der Waals surface area contributed by atoms with E-state index in [0.29, 0.717) is 29.2 Å². The molecule has 0 radical (unpaired) electrons. The minimum Gasteiger partial charge on any atom is -0.493 e. The van der Waals surface area contributed by atoms with Gasteiger partial charge in [0.05, 0.1) is 19.3 Å². The predicted octanol–water partition coefficient (Wildman–Crippen LogP) is 4.79. The van der Waals surface area contributed by atoms with E-state index in [1.807, 2.05) is 45.0 Å². The number of ether oxygens (including phenoxy) is 3. The van der Waals surface area contributed by atoms with Crippen molar-refractivity contribution in [3.8, 4) is 11.5 Å². The van der Waals surface area contributed by atoms with E-state index in [9.17, 15) is 9.59 Å². The Morgan fingerprint density at radius 2 is 1.72 bits per heavy atom. The number of rotatable bonds is 10. The summed E-state index contributed by atoms with van der Waals surface area (Å²) in [6.07, 6.45) is 0.874. The van der Waals surface area contributed by atoms with Crippen LogP contribution in [0.15, 0.2) is 54.6 Å². The second-order valence-electron chi connectivity index (χ2n) is 7.47. The second-order valence-corrected chi connectivity index (χ2v) is 7.47. The lowest BCUT2D eigenvalue weighted by Crippen LogP contribution is -2.15. The Labute approximate surface area is 188 Å². The number of Topliss-reactive ketones (excluding diaryl/α,β-unsaturated/α-hetero) is 1. The average molecular weight is 436 g/mol. The maximum absolute atomic E-state index is 12.8. The molecule has 0 atom stereocenters. The zero-order valence-electron chi connectivity index (χ0n) is 19.0. The summed E-state index contributed by atoms with van der Waals surface area (Å²) in [6.45, 7) is 6.71. The number of hydrogen-bond acceptors (Lipinski definition) is 5. The first-order valence-corrected chi connectivity index (χ1v) is 10.7. The van der Waals surface area contributed by atoms with Gasteiger partial charge in [-0.05, 0) is 57.0 Å². The third kappa shape index (κ3) is 5.38. The van der Waals surface area contributed by atoms with Gasteiger partial charge < -0.3 is 18.8 Å². The molecule has 2 aromatic carbocycles. The minimum absolute atomic E-state index is 0.227. The lowest BCUT2D eigenvalue weighted by molar-refractivity contribution is 0.0474. The van der Waals surface area contributed by atoms with E-state index in [-0.39, 0.29) is 12.4 Å². The van der Waals surface area contributed by atoms with E-state index in [1.54, 1.807) is 18.2 Å². The van der Waals surface area contributed by atoms with Crippen molar-refractivity contribution in [2.75, 3.05) is 20.3 Å². The number of ketones is 1. The summed E-state index contributed by atoms with van der Waals surface area (Å²) in [5.41, 5.74) is 4.00. The minimum atomic E-state index is -0.586. The predicted molar refractivity (Wildman–Crippen MR) is 123 cm³/mol. The van der Waals surface area contributed by atoms with Crippen LogP contribution < -0.4 is 9.47 Å². The van der Waals surface area contributed by atoms with Crippen LogP contribution in [0.1, 0.15) is 44.6 Å². The van der Waals surface area contributed by atoms with Crippen LogP contribution in [-0.4, -0.2) is 36.6 Å². The van der Waals surface area contributed by atoms with Crippen LogP contribution in [-0.2, 0) is 17.7 Å². The SMILES string of the molecule is CCOc1ccc(C(=O)OCC(=O)c2cc(C)n(CCc3ccccc3)c2C)cc1OC. The maximum Gasteiger partial charge on any atom is 0.338 e. The highest BCUT2D eigenvalue weighted by Crippen LogP contribution is 2.28. The van der Waals surface area contributed by atoms with Gasteiger partial charge in [-0.1, -0.05) is 30.3 Å². The molecule has 32 heavy (non-hydrogen) atoms. The molecular weight excluding hydrogens is 406 g/mol. The van der Waals surface area contributed by atoms with Gasteiger partial charge in [-0.25, -0.2) is 4.79 Å². The lowest BCUT2D eigenvalue weighted by atomic mass is 10.1. The highest BCUT2D eigenvalue weighted by Gasteiger charge is 2.19. The molecule has 3 rings (SSSR count). The van der Waals surface area contributed by atoms with Crippen molar-refractivity contribution in [3.63, 3.8) is 0 Å². The first-order valence-electron chi connectivity index (χ1n) is 10.7. The number of hydrogen-bond donors (Lipinski definition) is 0. The Kier molecular flexibility index (Phi) is 7.71. The molecule has 0 amide bonds. The fraction of sp³-hybridized carbons (Fsp3) is 0.308. The van der Waals surface area contributed by atoms with Gasteiger partial charge in [-0.15, -0.1) is 0 Å². The summed E-state index contributed by atoms with van der Waals surface area (Å²) in [5, 5.41) is 0. The molecule has 0 aliphatic heterocycles. The zero-order chi connectivity index (χ0) is 23.1. The van der Waals surface area contributed by atoms with Crippen LogP contribution in [0.3, 0.4) is 0 Å². The second kappa shape index (κ2) is 10.7. The molecule has 6 heteroatoms. The van der Waals surface area contributed by atoms with Crippen LogP contribution in [0.25, 0.3) is 0 Å². The number of carbonyl (C=O) groups excluding carboxylic acids is 2. The largest absolute Gasteiger partial charge is 0.493 e. The number of methoxy groups -OCH3 is 1. The van der Waals surface area contributed by atoms with Gasteiger partial charge in [-0.2, -0.15) is 0 Å². The molecule has 0 spiro atoms. The fourth-order valence-electron chi connectivity index (χ4n) is 3.67. The Bertz CT molecular complexity index is 1090. The van der Waals surface area contributed by atoms with Gasteiger partial charge in [0.25, 0.3) is 0 Å². The van der Waals surface area contributed by atoms with Crippen molar-refractivity contribution in [1.29, 1.82) is 0 Å². The quantitative estimate of drug-likeness (QED) is 0.338. The topological polar surface area (TPSA) is 66.8 Å². The Morgan fingerprint density at radius 1 is 0.969 bits per heavy atom. The number of esters is 1. The summed E-state index contributed by atoms with van der Waals surface area (Å²) in [5.74, 6) is 0.174. The van der Waals surface area contributed by atoms with Crippen molar-refractivity contribution in [3.05, 3.63) is 82.7 Å². The molecule has 0 fully saturated rings. The first kappa shape index (κ1) is 23.1. The number of nitrogens with zero attached hydrogens (tertiary/aromatic N) is 1. The van der Waals surface area contributed by atoms with Crippen LogP contribution in [0.2, 0.25) is 0 Å². The average Bonchev–Trinajstić information content (AvgIpc) is 3.10. The van der Waals surface area contributed by atoms with Gasteiger partial charge >= 0.3 is 5.97 Å². The Balaban J connectivity index is 1.64. The molecule has 0 unspecified atom stereocenters. The molecule has 168 valence electrons. The highest BCUT2D eigenvalue weighted by atomic mass is 16.5. The van der Waals surface area contributed by atoms with E-state index in [0.717, 1.165) is 24.4 Å². The molecule has 6 nitrogen and oxygen atoms in total. The summed E-state index contributed by atoms with van der Waals surface area (Å²) in [6, 6.07) is 16.9. The van der Waals surface area contributed by atoms with Crippen molar-refractivity contribution < 1.29 is 23.8 Å². The molecule has 3 aromatic rings. The molecule has 0 aliphatic carbocycles. The van der Waals surface area contributed by atoms with Crippen molar-refractivity contribution in [2.24, 2.45) is 0 Å².